The zero-order valence-electron chi connectivity index (χ0n) is 15.4. The Morgan fingerprint density at radius 3 is 2.04 bits per heavy atom. The molecule has 0 heterocycles. The van der Waals surface area contributed by atoms with Gasteiger partial charge in [-0.25, -0.2) is 4.99 Å². The number of nitrogens with zero attached hydrogens (tertiary/aromatic N) is 1. The van der Waals surface area contributed by atoms with E-state index in [1.54, 1.807) is 0 Å². The van der Waals surface area contributed by atoms with Gasteiger partial charge in [-0.1, -0.05) is 26.7 Å². The van der Waals surface area contributed by atoms with E-state index in [-0.39, 0.29) is 46.7 Å². The van der Waals surface area contributed by atoms with Gasteiger partial charge in [-0.2, -0.15) is 0 Å². The molecule has 0 saturated heterocycles. The van der Waals surface area contributed by atoms with E-state index in [9.17, 15) is 19.8 Å². The summed E-state index contributed by atoms with van der Waals surface area (Å²) in [5, 5.41) is 22.7. The third-order valence-electron chi connectivity index (χ3n) is 4.72. The minimum atomic E-state index is -1.11. The van der Waals surface area contributed by atoms with Crippen molar-refractivity contribution in [1.82, 2.24) is 5.32 Å². The fraction of sp³-hybridized carbons (Fsp3) is 0.800. The van der Waals surface area contributed by atoms with Gasteiger partial charge in [-0.3, -0.25) is 9.59 Å². The largest absolute Gasteiger partial charge is 0.481 e. The molecule has 13 N–H and O–H groups in total. The number of carbonyl (C=O) groups is 2. The summed E-state index contributed by atoms with van der Waals surface area (Å²) in [6.45, 7) is 5.39. The number of carboxylic acids is 1. The molecule has 11 nitrogen and oxygen atoms in total. The lowest BCUT2D eigenvalue weighted by Gasteiger charge is -2.35. The molecule has 1 aliphatic carbocycles. The third kappa shape index (κ3) is 6.75. The minimum Gasteiger partial charge on any atom is -0.481 e. The smallest absolute Gasteiger partial charge is 0.309 e. The summed E-state index contributed by atoms with van der Waals surface area (Å²) in [5.41, 5.74) is 10.9. The van der Waals surface area contributed by atoms with Crippen LogP contribution in [0.3, 0.4) is 0 Å². The number of guanidine groups is 1. The molecule has 0 spiro atoms. The lowest BCUT2D eigenvalue weighted by atomic mass is 9.80. The number of nitrogens with two attached hydrogens (primary N) is 2. The quantitative estimate of drug-likeness (QED) is 0.229. The predicted octanol–water partition coefficient (Wildman–Crippen LogP) is -2.82. The van der Waals surface area contributed by atoms with E-state index in [0.717, 1.165) is 12.8 Å². The van der Waals surface area contributed by atoms with E-state index < -0.39 is 30.0 Å². The van der Waals surface area contributed by atoms with E-state index in [2.05, 4.69) is 10.3 Å². The van der Waals surface area contributed by atoms with Crippen LogP contribution < -0.4 is 16.8 Å². The van der Waals surface area contributed by atoms with E-state index in [1.807, 2.05) is 13.8 Å². The highest BCUT2D eigenvalue weighted by atomic mass is 16.4. The number of hydrogen-bond donors (Lipinski definition) is 5. The first kappa shape index (κ1) is 28.8. The predicted molar refractivity (Wildman–Crippen MR) is 97.4 cm³/mol. The third-order valence-corrected chi connectivity index (χ3v) is 4.72. The summed E-state index contributed by atoms with van der Waals surface area (Å²) in [4.78, 5) is 27.1. The SMILES string of the molecule is CCC(CC)[C@@H](NC(C)=O)C1[C@H](N=C(N)N)C[C@H](C(=O)O)[C@H]1O.O.O.O. The number of amides is 1. The lowest BCUT2D eigenvalue weighted by molar-refractivity contribution is -0.145. The number of carboxylic acid groups (broad SMARTS) is 1. The standard InChI is InChI=1S/C15H28N4O4.3H2O/c1-4-8(5-2)12(18-7(3)20)11-10(19-15(16)17)6-9(13(11)21)14(22)23;;;/h8-13,21H,4-6H2,1-3H3,(H,18,20)(H,22,23)(H4,16,17,19);3*1H2/t9-,10+,11?,12+,13+;;;/m0.../s1. The molecule has 0 aromatic carbocycles. The zero-order valence-corrected chi connectivity index (χ0v) is 15.4. The molecule has 0 aliphatic heterocycles. The molecule has 0 aromatic rings. The second-order valence-electron chi connectivity index (χ2n) is 6.17. The van der Waals surface area contributed by atoms with Gasteiger partial charge in [-0.15, -0.1) is 0 Å². The van der Waals surface area contributed by atoms with Gasteiger partial charge in [-0.05, 0) is 12.3 Å². The van der Waals surface area contributed by atoms with Crippen LogP contribution in [-0.2, 0) is 9.59 Å². The van der Waals surface area contributed by atoms with Gasteiger partial charge in [0.1, 0.15) is 0 Å². The molecule has 1 aliphatic rings. The minimum absolute atomic E-state index is 0. The number of nitrogens with one attached hydrogen (secondary N) is 1. The van der Waals surface area contributed by atoms with Crippen LogP contribution in [-0.4, -0.2) is 62.7 Å². The molecule has 26 heavy (non-hydrogen) atoms. The highest BCUT2D eigenvalue weighted by Gasteiger charge is 2.50. The first-order chi connectivity index (χ1) is 10.7. The van der Waals surface area contributed by atoms with Gasteiger partial charge in [0.2, 0.25) is 5.91 Å². The summed E-state index contributed by atoms with van der Waals surface area (Å²) in [6, 6.07) is -0.913. The van der Waals surface area contributed by atoms with E-state index in [0.29, 0.717) is 0 Å². The molecule has 11 heteroatoms. The summed E-state index contributed by atoms with van der Waals surface area (Å²) in [5.74, 6) is -2.84. The number of aliphatic hydroxyl groups is 1. The van der Waals surface area contributed by atoms with Crippen LogP contribution in [0.2, 0.25) is 0 Å². The van der Waals surface area contributed by atoms with Crippen molar-refractivity contribution in [3.05, 3.63) is 0 Å². The second-order valence-corrected chi connectivity index (χ2v) is 6.17. The highest BCUT2D eigenvalue weighted by Crippen LogP contribution is 2.39. The van der Waals surface area contributed by atoms with Gasteiger partial charge >= 0.3 is 5.97 Å². The lowest BCUT2D eigenvalue weighted by Crippen LogP contribution is -2.51. The summed E-state index contributed by atoms with van der Waals surface area (Å²) >= 11 is 0. The van der Waals surface area contributed by atoms with Gasteiger partial charge in [0.15, 0.2) is 5.96 Å². The van der Waals surface area contributed by atoms with Crippen molar-refractivity contribution in [3.63, 3.8) is 0 Å². The monoisotopic (exact) mass is 382 g/mol. The first-order valence-electron chi connectivity index (χ1n) is 7.99. The van der Waals surface area contributed by atoms with Crippen LogP contribution in [0, 0.1) is 17.8 Å². The fourth-order valence-corrected chi connectivity index (χ4v) is 3.64. The average Bonchev–Trinajstić information content (AvgIpc) is 2.74. The van der Waals surface area contributed by atoms with Crippen LogP contribution in [0.15, 0.2) is 4.99 Å². The Bertz CT molecular complexity index is 467. The Labute approximate surface area is 152 Å². The van der Waals surface area contributed by atoms with E-state index in [1.165, 1.54) is 6.92 Å². The molecule has 0 radical (unpaired) electrons. The molecule has 1 fully saturated rings. The van der Waals surface area contributed by atoms with E-state index in [4.69, 9.17) is 11.5 Å². The number of aliphatic carboxylic acids is 1. The average molecular weight is 382 g/mol. The molecular formula is C15H34N4O7. The van der Waals surface area contributed by atoms with Gasteiger partial charge in [0.05, 0.1) is 18.1 Å². The maximum Gasteiger partial charge on any atom is 0.309 e. The fourth-order valence-electron chi connectivity index (χ4n) is 3.64. The van der Waals surface area contributed by atoms with Crippen molar-refractivity contribution in [2.75, 3.05) is 0 Å². The summed E-state index contributed by atoms with van der Waals surface area (Å²) in [7, 11) is 0. The molecular weight excluding hydrogens is 348 g/mol. The first-order valence-corrected chi connectivity index (χ1v) is 7.99. The summed E-state index contributed by atoms with van der Waals surface area (Å²) < 4.78 is 0. The van der Waals surface area contributed by atoms with Crippen molar-refractivity contribution < 1.29 is 36.2 Å². The van der Waals surface area contributed by atoms with Crippen LogP contribution in [0.25, 0.3) is 0 Å². The van der Waals surface area contributed by atoms with E-state index >= 15 is 0 Å². The Morgan fingerprint density at radius 2 is 1.69 bits per heavy atom. The zero-order chi connectivity index (χ0) is 17.7. The number of aliphatic hydroxyl groups excluding tert-OH is 1. The van der Waals surface area contributed by atoms with Crippen molar-refractivity contribution in [2.45, 2.75) is 58.2 Å². The van der Waals surface area contributed by atoms with Gasteiger partial charge in [0.25, 0.3) is 0 Å². The molecule has 156 valence electrons. The van der Waals surface area contributed by atoms with Crippen molar-refractivity contribution in [2.24, 2.45) is 34.2 Å². The number of hydrogen-bond acceptors (Lipinski definition) is 4. The number of rotatable bonds is 7. The van der Waals surface area contributed by atoms with Crippen LogP contribution in [0.1, 0.15) is 40.0 Å². The normalized spacial score (nSPS) is 25.1. The van der Waals surface area contributed by atoms with Gasteiger partial charge < -0.3 is 43.4 Å². The molecule has 1 rings (SSSR count). The Balaban J connectivity index is -0.00000176. The molecule has 0 aromatic heterocycles. The molecule has 0 bridgehead atoms. The van der Waals surface area contributed by atoms with Crippen LogP contribution >= 0.6 is 0 Å². The second kappa shape index (κ2) is 12.4. The maximum absolute atomic E-state index is 11.6. The van der Waals surface area contributed by atoms with Crippen molar-refractivity contribution in [3.8, 4) is 0 Å². The summed E-state index contributed by atoms with van der Waals surface area (Å²) in [6.07, 6.45) is 0.612. The number of aliphatic imine (C=N–C) groups is 1. The van der Waals surface area contributed by atoms with Crippen molar-refractivity contribution in [1.29, 1.82) is 0 Å². The topological polar surface area (TPSA) is 246 Å². The highest BCUT2D eigenvalue weighted by molar-refractivity contribution is 5.76. The molecule has 1 amide bonds. The Morgan fingerprint density at radius 1 is 1.19 bits per heavy atom. The van der Waals surface area contributed by atoms with Crippen LogP contribution in [0.4, 0.5) is 0 Å². The maximum atomic E-state index is 11.6. The Kier molecular flexibility index (Phi) is 13.8. The number of carbonyl (C=O) groups excluding carboxylic acids is 1. The molecule has 1 unspecified atom stereocenters. The molecule has 1 saturated carbocycles. The Hall–Kier alpha value is -1.95. The molecule has 5 atom stereocenters. The van der Waals surface area contributed by atoms with Gasteiger partial charge in [0, 0.05) is 18.9 Å². The van der Waals surface area contributed by atoms with Crippen molar-refractivity contribution >= 4 is 17.8 Å². The van der Waals surface area contributed by atoms with Crippen LogP contribution in [0.5, 0.6) is 0 Å².